The number of nitrogens with zero attached hydrogens (tertiary/aromatic N) is 1. The normalized spacial score (nSPS) is 22.9. The van der Waals surface area contributed by atoms with E-state index in [0.717, 1.165) is 45.2 Å². The molecule has 1 N–H and O–H groups in total. The maximum Gasteiger partial charge on any atom is 0.0826 e. The number of hydrogen-bond donors (Lipinski definition) is 1. The van der Waals surface area contributed by atoms with E-state index in [1.54, 1.807) is 0 Å². The summed E-state index contributed by atoms with van der Waals surface area (Å²) in [5.41, 5.74) is 0. The molecule has 1 heterocycles. The lowest BCUT2D eigenvalue weighted by molar-refractivity contribution is -0.0255. The zero-order valence-electron chi connectivity index (χ0n) is 11.2. The van der Waals surface area contributed by atoms with Crippen LogP contribution < -0.4 is 5.32 Å². The van der Waals surface area contributed by atoms with Crippen molar-refractivity contribution in [1.29, 1.82) is 0 Å². The van der Waals surface area contributed by atoms with Crippen LogP contribution in [-0.2, 0) is 4.74 Å². The van der Waals surface area contributed by atoms with Crippen LogP contribution in [0, 0.1) is 5.92 Å². The number of likely N-dealkylation sites (N-methyl/N-ethyl adjacent to an activating group) is 1. The minimum absolute atomic E-state index is 0.392. The molecular formula is C13H28N2O. The van der Waals surface area contributed by atoms with Crippen molar-refractivity contribution >= 4 is 0 Å². The Morgan fingerprint density at radius 3 is 2.69 bits per heavy atom. The Morgan fingerprint density at radius 2 is 2.06 bits per heavy atom. The van der Waals surface area contributed by atoms with E-state index in [0.29, 0.717) is 6.10 Å². The molecule has 0 aromatic carbocycles. The van der Waals surface area contributed by atoms with Crippen molar-refractivity contribution in [3.8, 4) is 0 Å². The van der Waals surface area contributed by atoms with Crippen LogP contribution in [-0.4, -0.2) is 50.3 Å². The third-order valence-electron chi connectivity index (χ3n) is 3.63. The maximum atomic E-state index is 5.75. The zero-order chi connectivity index (χ0) is 11.8. The molecule has 1 aliphatic rings. The summed E-state index contributed by atoms with van der Waals surface area (Å²) < 4.78 is 5.75. The van der Waals surface area contributed by atoms with Crippen LogP contribution in [0.1, 0.15) is 33.6 Å². The van der Waals surface area contributed by atoms with E-state index in [9.17, 15) is 0 Å². The zero-order valence-corrected chi connectivity index (χ0v) is 11.2. The van der Waals surface area contributed by atoms with Gasteiger partial charge in [0.05, 0.1) is 12.7 Å². The van der Waals surface area contributed by atoms with Gasteiger partial charge in [-0.05, 0) is 19.0 Å². The molecule has 96 valence electrons. The van der Waals surface area contributed by atoms with Gasteiger partial charge in [0.1, 0.15) is 0 Å². The smallest absolute Gasteiger partial charge is 0.0826 e. The minimum Gasteiger partial charge on any atom is -0.374 e. The fourth-order valence-electron chi connectivity index (χ4n) is 2.22. The Labute approximate surface area is 101 Å². The van der Waals surface area contributed by atoms with E-state index >= 15 is 0 Å². The summed E-state index contributed by atoms with van der Waals surface area (Å²) in [6.45, 7) is 13.1. The van der Waals surface area contributed by atoms with Gasteiger partial charge in [-0.3, -0.25) is 4.90 Å². The third-order valence-corrected chi connectivity index (χ3v) is 3.63. The quantitative estimate of drug-likeness (QED) is 0.718. The largest absolute Gasteiger partial charge is 0.374 e. The molecule has 0 saturated carbocycles. The van der Waals surface area contributed by atoms with Crippen LogP contribution in [0.3, 0.4) is 0 Å². The SMILES string of the molecule is CCC(CC)CNCC1CN(CC)CCO1. The summed E-state index contributed by atoms with van der Waals surface area (Å²) in [7, 11) is 0. The van der Waals surface area contributed by atoms with E-state index in [1.807, 2.05) is 0 Å². The second-order valence-corrected chi connectivity index (χ2v) is 4.73. The Kier molecular flexibility index (Phi) is 7.01. The molecule has 1 unspecified atom stereocenters. The van der Waals surface area contributed by atoms with Crippen LogP contribution >= 0.6 is 0 Å². The molecular weight excluding hydrogens is 200 g/mol. The monoisotopic (exact) mass is 228 g/mol. The third kappa shape index (κ3) is 4.81. The molecule has 16 heavy (non-hydrogen) atoms. The standard InChI is InChI=1S/C13H28N2O/c1-4-12(5-2)9-14-10-13-11-15(6-3)7-8-16-13/h12-14H,4-11H2,1-3H3. The van der Waals surface area contributed by atoms with Gasteiger partial charge >= 0.3 is 0 Å². The second kappa shape index (κ2) is 8.04. The topological polar surface area (TPSA) is 24.5 Å². The van der Waals surface area contributed by atoms with Gasteiger partial charge in [-0.1, -0.05) is 33.6 Å². The summed E-state index contributed by atoms with van der Waals surface area (Å²) >= 11 is 0. The highest BCUT2D eigenvalue weighted by molar-refractivity contribution is 4.73. The molecule has 1 saturated heterocycles. The van der Waals surface area contributed by atoms with Crippen molar-refractivity contribution in [2.24, 2.45) is 5.92 Å². The fraction of sp³-hybridized carbons (Fsp3) is 1.00. The van der Waals surface area contributed by atoms with Crippen LogP contribution in [0.5, 0.6) is 0 Å². The number of hydrogen-bond acceptors (Lipinski definition) is 3. The lowest BCUT2D eigenvalue weighted by Crippen LogP contribution is -2.46. The average molecular weight is 228 g/mol. The molecule has 1 fully saturated rings. The molecule has 0 radical (unpaired) electrons. The molecule has 1 rings (SSSR count). The summed E-state index contributed by atoms with van der Waals surface area (Å²) in [4.78, 5) is 2.47. The van der Waals surface area contributed by atoms with E-state index in [2.05, 4.69) is 31.0 Å². The Morgan fingerprint density at radius 1 is 1.31 bits per heavy atom. The first-order valence-electron chi connectivity index (χ1n) is 6.84. The van der Waals surface area contributed by atoms with Gasteiger partial charge in [-0.15, -0.1) is 0 Å². The summed E-state index contributed by atoms with van der Waals surface area (Å²) in [5.74, 6) is 0.825. The molecule has 0 bridgehead atoms. The fourth-order valence-corrected chi connectivity index (χ4v) is 2.22. The van der Waals surface area contributed by atoms with Gasteiger partial charge in [0, 0.05) is 19.6 Å². The van der Waals surface area contributed by atoms with Gasteiger partial charge < -0.3 is 10.1 Å². The van der Waals surface area contributed by atoms with Gasteiger partial charge in [0.15, 0.2) is 0 Å². The highest BCUT2D eigenvalue weighted by Crippen LogP contribution is 2.07. The Balaban J connectivity index is 2.12. The lowest BCUT2D eigenvalue weighted by atomic mass is 10.0. The molecule has 0 aliphatic carbocycles. The van der Waals surface area contributed by atoms with Gasteiger partial charge in [0.25, 0.3) is 0 Å². The second-order valence-electron chi connectivity index (χ2n) is 4.73. The minimum atomic E-state index is 0.392. The predicted octanol–water partition coefficient (Wildman–Crippen LogP) is 1.73. The van der Waals surface area contributed by atoms with E-state index in [1.165, 1.54) is 12.8 Å². The maximum absolute atomic E-state index is 5.75. The molecule has 3 nitrogen and oxygen atoms in total. The first-order chi connectivity index (χ1) is 7.80. The summed E-state index contributed by atoms with van der Waals surface area (Å²) in [5, 5.41) is 3.55. The van der Waals surface area contributed by atoms with Crippen LogP contribution in [0.15, 0.2) is 0 Å². The molecule has 0 aromatic rings. The van der Waals surface area contributed by atoms with E-state index in [-0.39, 0.29) is 0 Å². The van der Waals surface area contributed by atoms with E-state index in [4.69, 9.17) is 4.74 Å². The van der Waals surface area contributed by atoms with Crippen molar-refractivity contribution in [2.75, 3.05) is 39.3 Å². The predicted molar refractivity (Wildman–Crippen MR) is 68.8 cm³/mol. The Hall–Kier alpha value is -0.120. The molecule has 0 spiro atoms. The molecule has 0 aromatic heterocycles. The first-order valence-corrected chi connectivity index (χ1v) is 6.84. The lowest BCUT2D eigenvalue weighted by Gasteiger charge is -2.32. The molecule has 3 heteroatoms. The van der Waals surface area contributed by atoms with Crippen LogP contribution in [0.2, 0.25) is 0 Å². The number of morpholine rings is 1. The highest BCUT2D eigenvalue weighted by atomic mass is 16.5. The van der Waals surface area contributed by atoms with Crippen molar-refractivity contribution in [3.05, 3.63) is 0 Å². The molecule has 1 atom stereocenters. The van der Waals surface area contributed by atoms with Crippen LogP contribution in [0.25, 0.3) is 0 Å². The van der Waals surface area contributed by atoms with Crippen molar-refractivity contribution < 1.29 is 4.74 Å². The van der Waals surface area contributed by atoms with Crippen molar-refractivity contribution in [2.45, 2.75) is 39.7 Å². The average Bonchev–Trinajstić information content (AvgIpc) is 2.35. The Bertz CT molecular complexity index is 171. The van der Waals surface area contributed by atoms with Gasteiger partial charge in [0.2, 0.25) is 0 Å². The summed E-state index contributed by atoms with van der Waals surface area (Å²) in [6.07, 6.45) is 2.94. The molecule has 0 amide bonds. The van der Waals surface area contributed by atoms with Crippen molar-refractivity contribution in [1.82, 2.24) is 10.2 Å². The highest BCUT2D eigenvalue weighted by Gasteiger charge is 2.18. The first kappa shape index (κ1) is 13.9. The van der Waals surface area contributed by atoms with Crippen molar-refractivity contribution in [3.63, 3.8) is 0 Å². The van der Waals surface area contributed by atoms with Gasteiger partial charge in [-0.25, -0.2) is 0 Å². The van der Waals surface area contributed by atoms with Crippen LogP contribution in [0.4, 0.5) is 0 Å². The van der Waals surface area contributed by atoms with E-state index < -0.39 is 0 Å². The summed E-state index contributed by atoms with van der Waals surface area (Å²) in [6, 6.07) is 0. The number of rotatable bonds is 7. The number of nitrogens with one attached hydrogen (secondary N) is 1. The number of ether oxygens (including phenoxy) is 1. The van der Waals surface area contributed by atoms with Gasteiger partial charge in [-0.2, -0.15) is 0 Å². The molecule has 1 aliphatic heterocycles.